The number of ether oxygens (including phenoxy) is 3. The van der Waals surface area contributed by atoms with Gasteiger partial charge < -0.3 is 14.2 Å². The third-order valence-corrected chi connectivity index (χ3v) is 6.53. The highest BCUT2D eigenvalue weighted by Gasteiger charge is 2.41. The molecule has 32 heavy (non-hydrogen) atoms. The van der Waals surface area contributed by atoms with Crippen molar-refractivity contribution in [3.8, 4) is 17.2 Å². The molecule has 6 nitrogen and oxygen atoms in total. The van der Waals surface area contributed by atoms with Crippen LogP contribution in [-0.4, -0.2) is 37.3 Å². The van der Waals surface area contributed by atoms with Gasteiger partial charge in [-0.2, -0.15) is 5.10 Å². The Balaban J connectivity index is 1.70. The average Bonchev–Trinajstić information content (AvgIpc) is 3.62. The molecule has 1 saturated carbocycles. The molecule has 1 unspecified atom stereocenters. The van der Waals surface area contributed by atoms with Crippen LogP contribution in [-0.2, 0) is 11.8 Å². The molecule has 1 fully saturated rings. The largest absolute Gasteiger partial charge is 0.493 e. The number of benzene rings is 2. The van der Waals surface area contributed by atoms with Crippen LogP contribution in [0.4, 0.5) is 0 Å². The molecule has 1 aromatic heterocycles. The Morgan fingerprint density at radius 2 is 1.75 bits per heavy atom. The number of carbonyl (C=O) groups is 1. The molecule has 1 atom stereocenters. The van der Waals surface area contributed by atoms with Crippen LogP contribution < -0.4 is 14.2 Å². The molecule has 5 rings (SSSR count). The number of H-pyrrole nitrogens is 1. The van der Waals surface area contributed by atoms with E-state index in [9.17, 15) is 4.79 Å². The van der Waals surface area contributed by atoms with Gasteiger partial charge in [-0.1, -0.05) is 48.6 Å². The first-order chi connectivity index (χ1) is 15.6. The molecule has 0 saturated heterocycles. The van der Waals surface area contributed by atoms with Gasteiger partial charge in [-0.05, 0) is 24.5 Å². The number of nitrogens with one attached hydrogen (secondary N) is 1. The van der Waals surface area contributed by atoms with Crippen molar-refractivity contribution in [2.24, 2.45) is 5.92 Å². The van der Waals surface area contributed by atoms with Crippen LogP contribution in [0, 0.1) is 5.92 Å². The number of aromatic amines is 1. The van der Waals surface area contributed by atoms with E-state index in [0.717, 1.165) is 35.2 Å². The molecular weight excluding hydrogens is 404 g/mol. The summed E-state index contributed by atoms with van der Waals surface area (Å²) in [6.07, 6.45) is 6.72. The van der Waals surface area contributed by atoms with Gasteiger partial charge >= 0.3 is 0 Å². The molecule has 6 heteroatoms. The van der Waals surface area contributed by atoms with Crippen LogP contribution in [0.1, 0.15) is 45.7 Å². The first-order valence-corrected chi connectivity index (χ1v) is 10.8. The number of hydrogen-bond acceptors (Lipinski definition) is 5. The molecule has 2 aliphatic rings. The van der Waals surface area contributed by atoms with Crippen molar-refractivity contribution in [2.75, 3.05) is 21.3 Å². The highest BCUT2D eigenvalue weighted by Crippen LogP contribution is 2.50. The van der Waals surface area contributed by atoms with Crippen LogP contribution in [0.25, 0.3) is 6.08 Å². The minimum Gasteiger partial charge on any atom is -0.493 e. The number of nitrogens with zero attached hydrogens (tertiary/aromatic N) is 1. The minimum atomic E-state index is -0.536. The number of Topliss-reactive ketones (excluding diaryl/α,β-unsaturated/α-hetero) is 1. The Labute approximate surface area is 187 Å². The highest BCUT2D eigenvalue weighted by atomic mass is 16.5. The molecule has 0 bridgehead atoms. The summed E-state index contributed by atoms with van der Waals surface area (Å²) < 4.78 is 17.0. The zero-order valence-corrected chi connectivity index (χ0v) is 18.5. The standard InChI is InChI=1S/C26H26N2O4/c1-30-21-12-11-19(24(31-2)25(21)32-3)26(17-7-5-4-6-8-17)14-13-18-20(15-26)27-28-22(18)23(29)16-9-10-16/h4-8,11-14,16H,9-10,15H2,1-3H3,(H,27,28). The summed E-state index contributed by atoms with van der Waals surface area (Å²) in [5, 5.41) is 7.57. The Kier molecular flexibility index (Phi) is 5.00. The molecule has 0 radical (unpaired) electrons. The number of aromatic nitrogens is 2. The molecule has 0 spiro atoms. The van der Waals surface area contributed by atoms with Gasteiger partial charge in [0.15, 0.2) is 17.3 Å². The fraction of sp³-hybridized carbons (Fsp3) is 0.308. The van der Waals surface area contributed by atoms with Gasteiger partial charge in [0.1, 0.15) is 5.69 Å². The van der Waals surface area contributed by atoms with E-state index in [1.807, 2.05) is 36.4 Å². The van der Waals surface area contributed by atoms with Gasteiger partial charge in [0.05, 0.1) is 21.3 Å². The van der Waals surface area contributed by atoms with E-state index in [1.165, 1.54) is 0 Å². The number of fused-ring (bicyclic) bond motifs is 1. The molecule has 2 aromatic carbocycles. The molecule has 0 amide bonds. The van der Waals surface area contributed by atoms with E-state index in [1.54, 1.807) is 21.3 Å². The minimum absolute atomic E-state index is 0.127. The van der Waals surface area contributed by atoms with Crippen molar-refractivity contribution in [1.29, 1.82) is 0 Å². The van der Waals surface area contributed by atoms with Crippen LogP contribution in [0.2, 0.25) is 0 Å². The van der Waals surface area contributed by atoms with E-state index >= 15 is 0 Å². The van der Waals surface area contributed by atoms with Crippen LogP contribution in [0.5, 0.6) is 17.2 Å². The van der Waals surface area contributed by atoms with Gasteiger partial charge in [0.25, 0.3) is 0 Å². The average molecular weight is 431 g/mol. The Hall–Kier alpha value is -3.54. The van der Waals surface area contributed by atoms with Crippen LogP contribution in [0.15, 0.2) is 48.5 Å². The zero-order valence-electron chi connectivity index (χ0n) is 18.5. The highest BCUT2D eigenvalue weighted by molar-refractivity contribution is 6.01. The topological polar surface area (TPSA) is 73.4 Å². The Bertz CT molecular complexity index is 1190. The maximum absolute atomic E-state index is 12.7. The molecule has 164 valence electrons. The Morgan fingerprint density at radius 1 is 1.00 bits per heavy atom. The van der Waals surface area contributed by atoms with Crippen molar-refractivity contribution in [1.82, 2.24) is 10.2 Å². The van der Waals surface area contributed by atoms with Gasteiger partial charge in [-0.15, -0.1) is 0 Å². The first kappa shape index (κ1) is 20.4. The third-order valence-electron chi connectivity index (χ3n) is 6.53. The number of allylic oxidation sites excluding steroid dienone is 1. The third kappa shape index (κ3) is 3.09. The lowest BCUT2D eigenvalue weighted by atomic mass is 9.68. The number of rotatable bonds is 7. The monoisotopic (exact) mass is 430 g/mol. The van der Waals surface area contributed by atoms with Gasteiger partial charge in [-0.3, -0.25) is 9.89 Å². The van der Waals surface area contributed by atoms with E-state index in [2.05, 4.69) is 28.4 Å². The molecule has 1 heterocycles. The molecule has 1 N–H and O–H groups in total. The van der Waals surface area contributed by atoms with Crippen LogP contribution >= 0.6 is 0 Å². The fourth-order valence-corrected chi connectivity index (χ4v) is 4.72. The SMILES string of the molecule is COc1ccc(C2(c3ccccc3)C=Cc3c(C(=O)C4CC4)n[nH]c3C2)c(OC)c1OC. The van der Waals surface area contributed by atoms with E-state index in [4.69, 9.17) is 14.2 Å². The maximum Gasteiger partial charge on any atom is 0.203 e. The summed E-state index contributed by atoms with van der Waals surface area (Å²) in [5.74, 6) is 2.05. The molecule has 0 aliphatic heterocycles. The second-order valence-electron chi connectivity index (χ2n) is 8.33. The zero-order chi connectivity index (χ0) is 22.3. The first-order valence-electron chi connectivity index (χ1n) is 10.8. The summed E-state index contributed by atoms with van der Waals surface area (Å²) in [7, 11) is 4.86. The summed E-state index contributed by atoms with van der Waals surface area (Å²) in [6.45, 7) is 0. The normalized spacial score (nSPS) is 19.3. The van der Waals surface area contributed by atoms with Crippen molar-refractivity contribution in [2.45, 2.75) is 24.7 Å². The van der Waals surface area contributed by atoms with Crippen LogP contribution in [0.3, 0.4) is 0 Å². The molecule has 3 aromatic rings. The van der Waals surface area contributed by atoms with Gasteiger partial charge in [-0.25, -0.2) is 0 Å². The summed E-state index contributed by atoms with van der Waals surface area (Å²) in [6, 6.07) is 14.2. The number of carbonyl (C=O) groups excluding carboxylic acids is 1. The number of ketones is 1. The van der Waals surface area contributed by atoms with E-state index in [0.29, 0.717) is 29.4 Å². The number of methoxy groups -OCH3 is 3. The van der Waals surface area contributed by atoms with Gasteiger partial charge in [0.2, 0.25) is 5.75 Å². The quantitative estimate of drug-likeness (QED) is 0.555. The Morgan fingerprint density at radius 3 is 2.41 bits per heavy atom. The summed E-state index contributed by atoms with van der Waals surface area (Å²) >= 11 is 0. The summed E-state index contributed by atoms with van der Waals surface area (Å²) in [5.41, 5.74) is 3.92. The van der Waals surface area contributed by atoms with Crippen molar-refractivity contribution in [3.63, 3.8) is 0 Å². The molecule has 2 aliphatic carbocycles. The lowest BCUT2D eigenvalue weighted by molar-refractivity contribution is 0.0962. The fourth-order valence-electron chi connectivity index (χ4n) is 4.72. The van der Waals surface area contributed by atoms with Gasteiger partial charge in [0, 0.05) is 34.6 Å². The maximum atomic E-state index is 12.7. The van der Waals surface area contributed by atoms with Crippen molar-refractivity contribution >= 4 is 11.9 Å². The van der Waals surface area contributed by atoms with Crippen molar-refractivity contribution < 1.29 is 19.0 Å². The second kappa shape index (κ2) is 7.86. The summed E-state index contributed by atoms with van der Waals surface area (Å²) in [4.78, 5) is 12.7. The number of hydrogen-bond donors (Lipinski definition) is 1. The lowest BCUT2D eigenvalue weighted by Crippen LogP contribution is -2.31. The smallest absolute Gasteiger partial charge is 0.203 e. The predicted octanol–water partition coefficient (Wildman–Crippen LogP) is 4.58. The van der Waals surface area contributed by atoms with Crippen molar-refractivity contribution in [3.05, 3.63) is 76.6 Å². The van der Waals surface area contributed by atoms with E-state index < -0.39 is 5.41 Å². The predicted molar refractivity (Wildman–Crippen MR) is 122 cm³/mol. The molecular formula is C26H26N2O4. The second-order valence-corrected chi connectivity index (χ2v) is 8.33. The lowest BCUT2D eigenvalue weighted by Gasteiger charge is -2.36. The van der Waals surface area contributed by atoms with E-state index in [-0.39, 0.29) is 11.7 Å².